The van der Waals surface area contributed by atoms with Crippen LogP contribution in [0.15, 0.2) is 24.3 Å². The van der Waals surface area contributed by atoms with E-state index in [9.17, 15) is 13.2 Å². The fourth-order valence-electron chi connectivity index (χ4n) is 2.51. The Morgan fingerprint density at radius 2 is 1.83 bits per heavy atom. The zero-order chi connectivity index (χ0) is 12.8. The second-order valence-electron chi connectivity index (χ2n) is 5.39. The van der Waals surface area contributed by atoms with E-state index in [0.29, 0.717) is 18.2 Å². The molecule has 0 aliphatic heterocycles. The summed E-state index contributed by atoms with van der Waals surface area (Å²) in [5, 5.41) is 3.30. The zero-order valence-electron chi connectivity index (χ0n) is 10.1. The van der Waals surface area contributed by atoms with Crippen LogP contribution < -0.4 is 5.32 Å². The van der Waals surface area contributed by atoms with E-state index in [-0.39, 0.29) is 12.8 Å². The molecule has 98 valence electrons. The van der Waals surface area contributed by atoms with Crippen molar-refractivity contribution in [3.05, 3.63) is 35.4 Å². The van der Waals surface area contributed by atoms with Gasteiger partial charge in [-0.1, -0.05) is 24.3 Å². The molecule has 0 bridgehead atoms. The number of hydrogen-bond donors (Lipinski definition) is 1. The minimum atomic E-state index is -4.12. The molecule has 0 spiro atoms. The summed E-state index contributed by atoms with van der Waals surface area (Å²) in [7, 11) is 0. The van der Waals surface area contributed by atoms with E-state index in [2.05, 4.69) is 5.32 Å². The summed E-state index contributed by atoms with van der Waals surface area (Å²) in [5.74, 6) is 0. The van der Waals surface area contributed by atoms with Crippen molar-refractivity contribution in [3.8, 4) is 0 Å². The molecule has 1 nitrogen and oxygen atoms in total. The Bertz CT molecular complexity index is 445. The van der Waals surface area contributed by atoms with Crippen molar-refractivity contribution < 1.29 is 13.2 Å². The lowest BCUT2D eigenvalue weighted by Gasteiger charge is -2.22. The monoisotopic (exact) mass is 255 g/mol. The molecule has 0 atom stereocenters. The second-order valence-corrected chi connectivity index (χ2v) is 5.39. The maximum absolute atomic E-state index is 13.2. The van der Waals surface area contributed by atoms with Gasteiger partial charge in [-0.05, 0) is 36.8 Å². The van der Waals surface area contributed by atoms with E-state index in [0.717, 1.165) is 18.4 Å². The molecule has 4 heteroatoms. The van der Waals surface area contributed by atoms with Gasteiger partial charge in [0.1, 0.15) is 0 Å². The highest BCUT2D eigenvalue weighted by atomic mass is 19.4. The predicted octanol–water partition coefficient (Wildman–Crippen LogP) is 3.53. The molecule has 2 aliphatic carbocycles. The number of rotatable bonds is 4. The molecular weight excluding hydrogens is 239 g/mol. The Labute approximate surface area is 104 Å². The first-order chi connectivity index (χ1) is 8.53. The number of halogens is 3. The van der Waals surface area contributed by atoms with Gasteiger partial charge in [-0.25, -0.2) is 0 Å². The van der Waals surface area contributed by atoms with Crippen molar-refractivity contribution in [2.75, 3.05) is 0 Å². The van der Waals surface area contributed by atoms with Gasteiger partial charge in [0, 0.05) is 12.6 Å². The quantitative estimate of drug-likeness (QED) is 0.867. The molecule has 0 radical (unpaired) electrons. The maximum Gasteiger partial charge on any atom is 0.398 e. The molecule has 0 aromatic heterocycles. The van der Waals surface area contributed by atoms with E-state index in [1.54, 1.807) is 12.1 Å². The third-order valence-electron chi connectivity index (χ3n) is 3.98. The number of nitrogens with one attached hydrogen (secondary N) is 1. The highest BCUT2D eigenvalue weighted by Gasteiger charge is 2.64. The first kappa shape index (κ1) is 12.0. The van der Waals surface area contributed by atoms with Crippen molar-refractivity contribution in [2.24, 2.45) is 0 Å². The molecule has 1 N–H and O–H groups in total. The van der Waals surface area contributed by atoms with Crippen LogP contribution in [0.25, 0.3) is 0 Å². The van der Waals surface area contributed by atoms with Crippen LogP contribution in [-0.2, 0) is 12.0 Å². The van der Waals surface area contributed by atoms with Crippen LogP contribution in [0.4, 0.5) is 13.2 Å². The maximum atomic E-state index is 13.2. The van der Waals surface area contributed by atoms with Crippen molar-refractivity contribution in [3.63, 3.8) is 0 Å². The highest BCUT2D eigenvalue weighted by Crippen LogP contribution is 2.59. The lowest BCUT2D eigenvalue weighted by atomic mass is 9.90. The van der Waals surface area contributed by atoms with E-state index in [4.69, 9.17) is 0 Å². The summed E-state index contributed by atoms with van der Waals surface area (Å²) >= 11 is 0. The molecule has 3 rings (SSSR count). The van der Waals surface area contributed by atoms with Gasteiger partial charge in [0.2, 0.25) is 0 Å². The van der Waals surface area contributed by atoms with Gasteiger partial charge in [0.15, 0.2) is 0 Å². The largest absolute Gasteiger partial charge is 0.398 e. The van der Waals surface area contributed by atoms with Gasteiger partial charge in [-0.3, -0.25) is 0 Å². The summed E-state index contributed by atoms with van der Waals surface area (Å²) in [4.78, 5) is 0. The summed E-state index contributed by atoms with van der Waals surface area (Å²) < 4.78 is 39.5. The Morgan fingerprint density at radius 1 is 1.17 bits per heavy atom. The lowest BCUT2D eigenvalue weighted by molar-refractivity contribution is -0.160. The molecule has 1 aromatic carbocycles. The highest BCUT2D eigenvalue weighted by molar-refractivity contribution is 5.40. The van der Waals surface area contributed by atoms with E-state index in [1.165, 1.54) is 0 Å². The summed E-state index contributed by atoms with van der Waals surface area (Å²) in [5.41, 5.74) is -0.278. The molecule has 0 unspecified atom stereocenters. The third-order valence-corrected chi connectivity index (χ3v) is 3.98. The van der Waals surface area contributed by atoms with Crippen LogP contribution >= 0.6 is 0 Å². The van der Waals surface area contributed by atoms with Gasteiger partial charge in [-0.2, -0.15) is 13.2 Å². The van der Waals surface area contributed by atoms with E-state index >= 15 is 0 Å². The lowest BCUT2D eigenvalue weighted by Crippen LogP contribution is -2.30. The molecule has 18 heavy (non-hydrogen) atoms. The first-order valence-electron chi connectivity index (χ1n) is 6.41. The minimum absolute atomic E-state index is 0.233. The Balaban J connectivity index is 1.86. The van der Waals surface area contributed by atoms with Crippen LogP contribution in [0, 0.1) is 0 Å². The van der Waals surface area contributed by atoms with Gasteiger partial charge in [0.05, 0.1) is 5.41 Å². The zero-order valence-corrected chi connectivity index (χ0v) is 10.1. The summed E-state index contributed by atoms with van der Waals surface area (Å²) in [6.45, 7) is 0.554. The molecule has 2 aliphatic rings. The fraction of sp³-hybridized carbons (Fsp3) is 0.571. The number of hydrogen-bond acceptors (Lipinski definition) is 1. The topological polar surface area (TPSA) is 12.0 Å². The Hall–Kier alpha value is -1.03. The van der Waals surface area contributed by atoms with Gasteiger partial charge in [0.25, 0.3) is 0 Å². The third kappa shape index (κ3) is 2.03. The van der Waals surface area contributed by atoms with Crippen LogP contribution in [0.3, 0.4) is 0 Å². The summed E-state index contributed by atoms with van der Waals surface area (Å²) in [6, 6.07) is 7.50. The minimum Gasteiger partial charge on any atom is -0.310 e. The molecular formula is C14H16F3N. The molecule has 2 fully saturated rings. The van der Waals surface area contributed by atoms with Crippen molar-refractivity contribution in [1.82, 2.24) is 5.32 Å². The Kier molecular flexibility index (Phi) is 2.66. The molecule has 2 saturated carbocycles. The van der Waals surface area contributed by atoms with Crippen LogP contribution in [-0.4, -0.2) is 12.2 Å². The fourth-order valence-corrected chi connectivity index (χ4v) is 2.51. The second kappa shape index (κ2) is 3.98. The van der Waals surface area contributed by atoms with Crippen LogP contribution in [0.1, 0.15) is 36.8 Å². The SMILES string of the molecule is FC(F)(F)C1(c2ccccc2CNC2CC2)CC1. The smallest absolute Gasteiger partial charge is 0.310 e. The van der Waals surface area contributed by atoms with E-state index < -0.39 is 11.6 Å². The molecule has 1 aromatic rings. The number of benzene rings is 1. The molecule has 0 amide bonds. The van der Waals surface area contributed by atoms with Gasteiger partial charge < -0.3 is 5.32 Å². The molecule has 0 heterocycles. The number of alkyl halides is 3. The van der Waals surface area contributed by atoms with Gasteiger partial charge >= 0.3 is 6.18 Å². The van der Waals surface area contributed by atoms with E-state index in [1.807, 2.05) is 12.1 Å². The average molecular weight is 255 g/mol. The normalized spacial score (nSPS) is 21.9. The standard InChI is InChI=1S/C14H16F3N/c15-14(16,17)13(7-8-13)12-4-2-1-3-10(12)9-18-11-5-6-11/h1-4,11,18H,5-9H2. The Morgan fingerprint density at radius 3 is 2.39 bits per heavy atom. The van der Waals surface area contributed by atoms with Crippen LogP contribution in [0.2, 0.25) is 0 Å². The van der Waals surface area contributed by atoms with Crippen LogP contribution in [0.5, 0.6) is 0 Å². The predicted molar refractivity (Wildman–Crippen MR) is 63.3 cm³/mol. The molecule has 0 saturated heterocycles. The summed E-state index contributed by atoms with van der Waals surface area (Å²) in [6.07, 6.45) is -1.37. The van der Waals surface area contributed by atoms with Crippen molar-refractivity contribution in [2.45, 2.75) is 49.9 Å². The van der Waals surface area contributed by atoms with Gasteiger partial charge in [-0.15, -0.1) is 0 Å². The van der Waals surface area contributed by atoms with Crippen molar-refractivity contribution in [1.29, 1.82) is 0 Å². The van der Waals surface area contributed by atoms with Crippen molar-refractivity contribution >= 4 is 0 Å². The average Bonchev–Trinajstić information content (AvgIpc) is 3.18. The first-order valence-corrected chi connectivity index (χ1v) is 6.41.